The lowest BCUT2D eigenvalue weighted by Gasteiger charge is -1.96. The molecule has 0 spiro atoms. The van der Waals surface area contributed by atoms with Gasteiger partial charge in [-0.1, -0.05) is 11.8 Å². The van der Waals surface area contributed by atoms with Crippen molar-refractivity contribution in [3.63, 3.8) is 0 Å². The minimum atomic E-state index is 0.412. The third-order valence-corrected chi connectivity index (χ3v) is 2.11. The number of amidine groups is 1. The van der Waals surface area contributed by atoms with Crippen LogP contribution in [0.1, 0.15) is 5.69 Å². The highest BCUT2D eigenvalue weighted by Crippen LogP contribution is 2.03. The second-order valence-corrected chi connectivity index (χ2v) is 3.26. The molecule has 6 heteroatoms. The molecule has 1 aromatic heterocycles. The molecule has 66 valence electrons. The van der Waals surface area contributed by atoms with Crippen molar-refractivity contribution in [3.05, 3.63) is 18.2 Å². The number of hydrogen-bond acceptors (Lipinski definition) is 4. The first-order valence-corrected chi connectivity index (χ1v) is 4.45. The van der Waals surface area contributed by atoms with Crippen LogP contribution in [0.3, 0.4) is 0 Å². The van der Waals surface area contributed by atoms with Gasteiger partial charge < -0.3 is 16.6 Å². The van der Waals surface area contributed by atoms with Gasteiger partial charge in [0, 0.05) is 17.6 Å². The molecule has 0 aliphatic heterocycles. The predicted octanol–water partition coefficient (Wildman–Crippen LogP) is -0.126. The number of hydrogen-bond donors (Lipinski definition) is 3. The van der Waals surface area contributed by atoms with Crippen LogP contribution in [-0.2, 0) is 6.42 Å². The lowest BCUT2D eigenvalue weighted by atomic mass is 10.4. The first-order chi connectivity index (χ1) is 5.83. The van der Waals surface area contributed by atoms with Gasteiger partial charge in [-0.25, -0.2) is 4.98 Å². The Kier molecular flexibility index (Phi) is 3.46. The molecule has 5 N–H and O–H groups in total. The van der Waals surface area contributed by atoms with Crippen LogP contribution in [0, 0.1) is 0 Å². The Morgan fingerprint density at radius 2 is 2.58 bits per heavy atom. The van der Waals surface area contributed by atoms with Crippen LogP contribution in [-0.4, -0.2) is 20.9 Å². The van der Waals surface area contributed by atoms with Crippen LogP contribution in [0.5, 0.6) is 0 Å². The Hall–Kier alpha value is -1.17. The number of nitrogens with two attached hydrogens (primary N) is 2. The maximum atomic E-state index is 5.37. The molecule has 0 aromatic carbocycles. The molecule has 12 heavy (non-hydrogen) atoms. The second kappa shape index (κ2) is 4.66. The minimum absolute atomic E-state index is 0.412. The van der Waals surface area contributed by atoms with Crippen molar-refractivity contribution in [1.82, 2.24) is 9.97 Å². The molecule has 0 unspecified atom stereocenters. The van der Waals surface area contributed by atoms with Gasteiger partial charge in [0.15, 0.2) is 5.17 Å². The van der Waals surface area contributed by atoms with Crippen molar-refractivity contribution < 1.29 is 0 Å². The van der Waals surface area contributed by atoms with E-state index in [1.165, 1.54) is 11.8 Å². The molecule has 0 aliphatic carbocycles. The van der Waals surface area contributed by atoms with Crippen molar-refractivity contribution in [2.45, 2.75) is 6.42 Å². The van der Waals surface area contributed by atoms with Crippen LogP contribution >= 0.6 is 11.8 Å². The number of rotatable bonds is 3. The summed E-state index contributed by atoms with van der Waals surface area (Å²) in [6.45, 7) is 0. The number of aryl methyl sites for hydroxylation is 1. The third kappa shape index (κ3) is 2.83. The van der Waals surface area contributed by atoms with Gasteiger partial charge in [-0.3, -0.25) is 0 Å². The van der Waals surface area contributed by atoms with Gasteiger partial charge >= 0.3 is 0 Å². The lowest BCUT2D eigenvalue weighted by Crippen LogP contribution is -2.10. The van der Waals surface area contributed by atoms with Crippen molar-refractivity contribution in [2.75, 3.05) is 5.75 Å². The standard InChI is InChI=1S/C6H11N5S/c7-6(11-8)12-2-1-5-3-9-4-10-5/h3-4H,1-2,8H2,(H2,7,11)(H,9,10). The highest BCUT2D eigenvalue weighted by molar-refractivity contribution is 8.13. The minimum Gasteiger partial charge on any atom is -0.377 e. The van der Waals surface area contributed by atoms with Gasteiger partial charge in [0.25, 0.3) is 0 Å². The summed E-state index contributed by atoms with van der Waals surface area (Å²) in [4.78, 5) is 6.88. The zero-order chi connectivity index (χ0) is 8.81. The molecule has 0 bridgehead atoms. The van der Waals surface area contributed by atoms with Gasteiger partial charge in [0.2, 0.25) is 0 Å². The zero-order valence-corrected chi connectivity index (χ0v) is 7.34. The van der Waals surface area contributed by atoms with E-state index >= 15 is 0 Å². The summed E-state index contributed by atoms with van der Waals surface area (Å²) in [5.41, 5.74) is 6.46. The van der Waals surface area contributed by atoms with E-state index in [2.05, 4.69) is 15.1 Å². The van der Waals surface area contributed by atoms with Gasteiger partial charge in [-0.15, -0.1) is 0 Å². The number of nitrogens with one attached hydrogen (secondary N) is 1. The van der Waals surface area contributed by atoms with Crippen LogP contribution in [0.15, 0.2) is 17.6 Å². The normalized spacial score (nSPS) is 11.8. The molecule has 1 rings (SSSR count). The van der Waals surface area contributed by atoms with E-state index in [0.717, 1.165) is 17.9 Å². The van der Waals surface area contributed by atoms with Crippen LogP contribution in [0.2, 0.25) is 0 Å². The molecule has 0 fully saturated rings. The summed E-state index contributed by atoms with van der Waals surface area (Å²) in [5.74, 6) is 5.81. The van der Waals surface area contributed by atoms with Gasteiger partial charge in [-0.2, -0.15) is 5.10 Å². The smallest absolute Gasteiger partial charge is 0.177 e. The first-order valence-electron chi connectivity index (χ1n) is 3.46. The molecule has 0 radical (unpaired) electrons. The third-order valence-electron chi connectivity index (χ3n) is 1.30. The Balaban J connectivity index is 2.19. The lowest BCUT2D eigenvalue weighted by molar-refractivity contribution is 1.08. The molecule has 1 aromatic rings. The summed E-state index contributed by atoms with van der Waals surface area (Å²) < 4.78 is 0. The largest absolute Gasteiger partial charge is 0.377 e. The fourth-order valence-electron chi connectivity index (χ4n) is 0.724. The van der Waals surface area contributed by atoms with E-state index in [4.69, 9.17) is 11.6 Å². The van der Waals surface area contributed by atoms with Crippen molar-refractivity contribution >= 4 is 16.9 Å². The zero-order valence-electron chi connectivity index (χ0n) is 6.53. The average Bonchev–Trinajstić information content (AvgIpc) is 2.57. The molecule has 0 aliphatic rings. The fraction of sp³-hybridized carbons (Fsp3) is 0.333. The molecular formula is C6H11N5S. The van der Waals surface area contributed by atoms with Crippen LogP contribution < -0.4 is 11.6 Å². The molecule has 5 nitrogen and oxygen atoms in total. The Morgan fingerprint density at radius 3 is 3.17 bits per heavy atom. The first kappa shape index (κ1) is 8.92. The Labute approximate surface area is 74.6 Å². The van der Waals surface area contributed by atoms with E-state index in [9.17, 15) is 0 Å². The number of thioether (sulfide) groups is 1. The summed E-state index contributed by atoms with van der Waals surface area (Å²) in [6.07, 6.45) is 4.33. The quantitative estimate of drug-likeness (QED) is 0.265. The van der Waals surface area contributed by atoms with E-state index < -0.39 is 0 Å². The number of imidazole rings is 1. The van der Waals surface area contributed by atoms with E-state index in [1.807, 2.05) is 0 Å². The summed E-state index contributed by atoms with van der Waals surface area (Å²) in [6, 6.07) is 0. The maximum Gasteiger partial charge on any atom is 0.177 e. The number of hydrazone groups is 1. The SMILES string of the molecule is N/N=C(\N)SCCc1cnc[nH]1. The van der Waals surface area contributed by atoms with E-state index in [0.29, 0.717) is 5.17 Å². The van der Waals surface area contributed by atoms with E-state index in [-0.39, 0.29) is 0 Å². The molecule has 0 amide bonds. The molecule has 0 saturated heterocycles. The molecule has 1 heterocycles. The highest BCUT2D eigenvalue weighted by atomic mass is 32.2. The number of aromatic amines is 1. The monoisotopic (exact) mass is 185 g/mol. The fourth-order valence-corrected chi connectivity index (χ4v) is 1.33. The summed E-state index contributed by atoms with van der Waals surface area (Å²) in [7, 11) is 0. The van der Waals surface area contributed by atoms with Gasteiger partial charge in [-0.05, 0) is 6.42 Å². The van der Waals surface area contributed by atoms with Crippen LogP contribution in [0.4, 0.5) is 0 Å². The summed E-state index contributed by atoms with van der Waals surface area (Å²) in [5, 5.41) is 3.75. The van der Waals surface area contributed by atoms with Crippen molar-refractivity contribution in [1.29, 1.82) is 0 Å². The average molecular weight is 185 g/mol. The van der Waals surface area contributed by atoms with Crippen molar-refractivity contribution in [2.24, 2.45) is 16.7 Å². The summed E-state index contributed by atoms with van der Waals surface area (Å²) >= 11 is 1.43. The second-order valence-electron chi connectivity index (χ2n) is 2.14. The van der Waals surface area contributed by atoms with E-state index in [1.54, 1.807) is 12.5 Å². The Bertz CT molecular complexity index is 242. The maximum absolute atomic E-state index is 5.37. The predicted molar refractivity (Wildman–Crippen MR) is 50.6 cm³/mol. The number of H-pyrrole nitrogens is 1. The molecule has 0 atom stereocenters. The van der Waals surface area contributed by atoms with Gasteiger partial charge in [0.05, 0.1) is 6.33 Å². The highest BCUT2D eigenvalue weighted by Gasteiger charge is 1.96. The Morgan fingerprint density at radius 1 is 1.75 bits per heavy atom. The topological polar surface area (TPSA) is 93.1 Å². The molecular weight excluding hydrogens is 174 g/mol. The van der Waals surface area contributed by atoms with Gasteiger partial charge in [0.1, 0.15) is 0 Å². The number of aromatic nitrogens is 2. The van der Waals surface area contributed by atoms with Crippen molar-refractivity contribution in [3.8, 4) is 0 Å². The van der Waals surface area contributed by atoms with Crippen LogP contribution in [0.25, 0.3) is 0 Å². The molecule has 0 saturated carbocycles. The number of nitrogens with zero attached hydrogens (tertiary/aromatic N) is 2.